The molecular formula is C8H17NO2. The van der Waals surface area contributed by atoms with Crippen LogP contribution >= 0.6 is 0 Å². The van der Waals surface area contributed by atoms with Crippen LogP contribution in [0, 0.1) is 5.21 Å². The topological polar surface area (TPSA) is 43.3 Å². The molecule has 66 valence electrons. The molecule has 0 aromatic carbocycles. The minimum Gasteiger partial charge on any atom is -0.633 e. The van der Waals surface area contributed by atoms with Gasteiger partial charge in [-0.25, -0.2) is 0 Å². The zero-order valence-electron chi connectivity index (χ0n) is 6.96. The van der Waals surface area contributed by atoms with E-state index in [0.29, 0.717) is 13.0 Å². The number of aliphatic hydroxyl groups is 1. The van der Waals surface area contributed by atoms with E-state index in [1.807, 2.05) is 0 Å². The molecule has 0 spiro atoms. The highest BCUT2D eigenvalue weighted by Crippen LogP contribution is 2.17. The van der Waals surface area contributed by atoms with Crippen LogP contribution in [-0.2, 0) is 0 Å². The molecule has 0 saturated carbocycles. The summed E-state index contributed by atoms with van der Waals surface area (Å²) in [6, 6.07) is 0. The summed E-state index contributed by atoms with van der Waals surface area (Å²) in [7, 11) is 0. The van der Waals surface area contributed by atoms with Gasteiger partial charge in [0.25, 0.3) is 0 Å². The standard InChI is InChI=1S/C8H17NO2/c10-8-4-7-9(11)5-2-1-3-6-9/h10H,1-8H2. The molecule has 0 atom stereocenters. The lowest BCUT2D eigenvalue weighted by atomic mass is 10.1. The second kappa shape index (κ2) is 4.04. The largest absolute Gasteiger partial charge is 0.633 e. The average Bonchev–Trinajstić information content (AvgIpc) is 2.03. The summed E-state index contributed by atoms with van der Waals surface area (Å²) in [5.41, 5.74) is 0. The van der Waals surface area contributed by atoms with Gasteiger partial charge in [-0.1, -0.05) is 0 Å². The molecule has 1 rings (SSSR count). The van der Waals surface area contributed by atoms with Gasteiger partial charge < -0.3 is 15.0 Å². The van der Waals surface area contributed by atoms with Crippen LogP contribution in [0.1, 0.15) is 25.7 Å². The van der Waals surface area contributed by atoms with E-state index in [1.165, 1.54) is 6.42 Å². The summed E-state index contributed by atoms with van der Waals surface area (Å²) in [5, 5.41) is 20.3. The molecule has 0 unspecified atom stereocenters. The van der Waals surface area contributed by atoms with E-state index in [-0.39, 0.29) is 11.3 Å². The van der Waals surface area contributed by atoms with E-state index in [1.54, 1.807) is 0 Å². The average molecular weight is 159 g/mol. The van der Waals surface area contributed by atoms with Crippen LogP contribution in [0.4, 0.5) is 0 Å². The Hall–Kier alpha value is -0.120. The minimum absolute atomic E-state index is 0.0550. The normalized spacial score (nSPS) is 23.5. The predicted octanol–water partition coefficient (Wildman–Crippen LogP) is 0.867. The van der Waals surface area contributed by atoms with Gasteiger partial charge in [-0.05, 0) is 19.3 Å². The van der Waals surface area contributed by atoms with Gasteiger partial charge in [0.2, 0.25) is 0 Å². The molecule has 1 aliphatic rings. The van der Waals surface area contributed by atoms with Crippen molar-refractivity contribution in [2.75, 3.05) is 26.2 Å². The molecule has 0 aromatic heterocycles. The Morgan fingerprint density at radius 3 is 2.36 bits per heavy atom. The lowest BCUT2D eigenvalue weighted by Crippen LogP contribution is -2.46. The zero-order chi connectivity index (χ0) is 8.16. The lowest BCUT2D eigenvalue weighted by Gasteiger charge is -2.45. The monoisotopic (exact) mass is 159 g/mol. The van der Waals surface area contributed by atoms with Crippen LogP contribution in [0.15, 0.2) is 0 Å². The fourth-order valence-corrected chi connectivity index (χ4v) is 1.67. The first-order chi connectivity index (χ1) is 5.27. The second-order valence-corrected chi connectivity index (χ2v) is 3.37. The van der Waals surface area contributed by atoms with E-state index < -0.39 is 0 Å². The highest BCUT2D eigenvalue weighted by molar-refractivity contribution is 4.54. The van der Waals surface area contributed by atoms with Gasteiger partial charge in [-0.3, -0.25) is 0 Å². The van der Waals surface area contributed by atoms with Crippen molar-refractivity contribution in [3.05, 3.63) is 5.21 Å². The summed E-state index contributed by atoms with van der Waals surface area (Å²) in [6.45, 7) is 2.29. The smallest absolute Gasteiger partial charge is 0.0806 e. The van der Waals surface area contributed by atoms with Gasteiger partial charge in [0, 0.05) is 13.0 Å². The highest BCUT2D eigenvalue weighted by Gasteiger charge is 2.19. The third-order valence-electron chi connectivity index (χ3n) is 2.36. The van der Waals surface area contributed by atoms with E-state index in [9.17, 15) is 5.21 Å². The summed E-state index contributed by atoms with van der Waals surface area (Å²) in [6.07, 6.45) is 3.99. The van der Waals surface area contributed by atoms with Crippen LogP contribution in [0.2, 0.25) is 0 Å². The van der Waals surface area contributed by atoms with Crippen molar-refractivity contribution >= 4 is 0 Å². The Labute approximate surface area is 67.8 Å². The first-order valence-electron chi connectivity index (χ1n) is 4.45. The molecule has 1 heterocycles. The van der Waals surface area contributed by atoms with E-state index >= 15 is 0 Å². The molecule has 1 fully saturated rings. The maximum Gasteiger partial charge on any atom is 0.0806 e. The molecule has 0 radical (unpaired) electrons. The molecule has 0 aromatic rings. The van der Waals surface area contributed by atoms with Crippen LogP contribution in [0.3, 0.4) is 0 Å². The number of quaternary nitrogens is 1. The third kappa shape index (κ3) is 2.77. The van der Waals surface area contributed by atoms with Gasteiger partial charge in [0.15, 0.2) is 0 Å². The molecule has 3 heteroatoms. The van der Waals surface area contributed by atoms with Crippen molar-refractivity contribution in [3.8, 4) is 0 Å². The number of likely N-dealkylation sites (tertiary alicyclic amines) is 1. The molecule has 11 heavy (non-hydrogen) atoms. The highest BCUT2D eigenvalue weighted by atomic mass is 16.5. The number of hydrogen-bond acceptors (Lipinski definition) is 2. The van der Waals surface area contributed by atoms with Crippen LogP contribution in [-0.4, -0.2) is 36.0 Å². The molecule has 1 saturated heterocycles. The Morgan fingerprint density at radius 2 is 1.82 bits per heavy atom. The Morgan fingerprint density at radius 1 is 1.18 bits per heavy atom. The van der Waals surface area contributed by atoms with Crippen molar-refractivity contribution in [2.45, 2.75) is 25.7 Å². The van der Waals surface area contributed by atoms with Gasteiger partial charge in [0.05, 0.1) is 19.6 Å². The lowest BCUT2D eigenvalue weighted by molar-refractivity contribution is -0.885. The quantitative estimate of drug-likeness (QED) is 0.490. The summed E-state index contributed by atoms with van der Waals surface area (Å²) >= 11 is 0. The number of nitrogens with zero attached hydrogens (tertiary/aromatic N) is 1. The first-order valence-corrected chi connectivity index (χ1v) is 4.45. The molecule has 0 bridgehead atoms. The Bertz CT molecular complexity index is 111. The molecule has 1 N–H and O–H groups in total. The van der Waals surface area contributed by atoms with Crippen molar-refractivity contribution in [1.82, 2.24) is 0 Å². The number of rotatable bonds is 3. The van der Waals surface area contributed by atoms with Crippen molar-refractivity contribution < 1.29 is 9.75 Å². The predicted molar refractivity (Wildman–Crippen MR) is 43.8 cm³/mol. The van der Waals surface area contributed by atoms with E-state index in [2.05, 4.69) is 0 Å². The van der Waals surface area contributed by atoms with Crippen LogP contribution < -0.4 is 0 Å². The fourth-order valence-electron chi connectivity index (χ4n) is 1.67. The SMILES string of the molecule is [O-][N+]1(CCCO)CCCCC1. The van der Waals surface area contributed by atoms with Gasteiger partial charge >= 0.3 is 0 Å². The Balaban J connectivity index is 2.25. The molecule has 3 nitrogen and oxygen atoms in total. The van der Waals surface area contributed by atoms with Crippen LogP contribution in [0.5, 0.6) is 0 Å². The number of hydrogen-bond donors (Lipinski definition) is 1. The first kappa shape index (κ1) is 8.97. The summed E-state index contributed by atoms with van der Waals surface area (Å²) in [4.78, 5) is 0. The third-order valence-corrected chi connectivity index (χ3v) is 2.36. The van der Waals surface area contributed by atoms with Gasteiger partial charge in [-0.15, -0.1) is 0 Å². The number of aliphatic hydroxyl groups excluding tert-OH is 1. The fraction of sp³-hybridized carbons (Fsp3) is 1.00. The van der Waals surface area contributed by atoms with Gasteiger partial charge in [-0.2, -0.15) is 0 Å². The van der Waals surface area contributed by atoms with E-state index in [0.717, 1.165) is 25.9 Å². The van der Waals surface area contributed by atoms with Crippen LogP contribution in [0.25, 0.3) is 0 Å². The van der Waals surface area contributed by atoms with Crippen molar-refractivity contribution in [3.63, 3.8) is 0 Å². The molecule has 0 aliphatic carbocycles. The Kier molecular flexibility index (Phi) is 3.30. The number of piperidine rings is 1. The molecule has 0 amide bonds. The summed E-state index contributed by atoms with van der Waals surface area (Å²) < 4.78 is -0.0550. The summed E-state index contributed by atoms with van der Waals surface area (Å²) in [5.74, 6) is 0. The molecular weight excluding hydrogens is 142 g/mol. The van der Waals surface area contributed by atoms with Crippen molar-refractivity contribution in [1.29, 1.82) is 0 Å². The maximum atomic E-state index is 11.7. The maximum absolute atomic E-state index is 11.7. The molecule has 1 aliphatic heterocycles. The van der Waals surface area contributed by atoms with Gasteiger partial charge in [0.1, 0.15) is 0 Å². The van der Waals surface area contributed by atoms with Crippen molar-refractivity contribution in [2.24, 2.45) is 0 Å². The zero-order valence-corrected chi connectivity index (χ0v) is 6.96. The van der Waals surface area contributed by atoms with E-state index in [4.69, 9.17) is 5.11 Å². The second-order valence-electron chi connectivity index (χ2n) is 3.37. The number of hydroxylamine groups is 3. The minimum atomic E-state index is -0.0550.